The molecule has 0 aromatic rings. The third kappa shape index (κ3) is 37.8. The largest absolute Gasteiger partial charge is 0.425 e. The fourth-order valence-electron chi connectivity index (χ4n) is 6.78. The molecule has 286 valence electrons. The Morgan fingerprint density at radius 2 is 0.521 bits per heavy atom. The summed E-state index contributed by atoms with van der Waals surface area (Å²) < 4.78 is 11.1. The summed E-state index contributed by atoms with van der Waals surface area (Å²) in [5.74, 6) is -0.444. The highest BCUT2D eigenvalue weighted by atomic mass is 16.7. The molecule has 0 amide bonds. The summed E-state index contributed by atoms with van der Waals surface area (Å²) in [6, 6.07) is 0. The fourth-order valence-corrected chi connectivity index (χ4v) is 6.78. The zero-order valence-corrected chi connectivity index (χ0v) is 33.1. The first-order valence-corrected chi connectivity index (χ1v) is 22.0. The number of ether oxygens (including phenoxy) is 2. The maximum Gasteiger partial charge on any atom is 0.308 e. The van der Waals surface area contributed by atoms with Crippen LogP contribution in [0.15, 0.2) is 0 Å². The van der Waals surface area contributed by atoms with Crippen molar-refractivity contribution < 1.29 is 19.1 Å². The molecule has 0 aromatic carbocycles. The van der Waals surface area contributed by atoms with Gasteiger partial charge in [-0.3, -0.25) is 9.59 Å². The van der Waals surface area contributed by atoms with E-state index in [-0.39, 0.29) is 11.9 Å². The third-order valence-corrected chi connectivity index (χ3v) is 10.0. The second kappa shape index (κ2) is 40.4. The number of esters is 2. The van der Waals surface area contributed by atoms with Crippen molar-refractivity contribution in [2.24, 2.45) is 0 Å². The van der Waals surface area contributed by atoms with Crippen LogP contribution in [-0.2, 0) is 19.1 Å². The Bertz CT molecular complexity index is 596. The fraction of sp³-hybridized carbons (Fsp3) is 0.955. The summed E-state index contributed by atoms with van der Waals surface area (Å²) in [6.07, 6.45) is 46.7. The van der Waals surface area contributed by atoms with Crippen molar-refractivity contribution in [3.05, 3.63) is 0 Å². The van der Waals surface area contributed by atoms with Gasteiger partial charge in [0.2, 0.25) is 6.29 Å². The van der Waals surface area contributed by atoms with E-state index in [0.717, 1.165) is 32.1 Å². The first-order valence-electron chi connectivity index (χ1n) is 22.0. The lowest BCUT2D eigenvalue weighted by molar-refractivity contribution is -0.189. The van der Waals surface area contributed by atoms with Gasteiger partial charge in [0.1, 0.15) is 0 Å². The van der Waals surface area contributed by atoms with Gasteiger partial charge in [-0.15, -0.1) is 0 Å². The van der Waals surface area contributed by atoms with Crippen LogP contribution < -0.4 is 0 Å². The van der Waals surface area contributed by atoms with Crippen molar-refractivity contribution in [3.63, 3.8) is 0 Å². The number of hydrogen-bond donors (Lipinski definition) is 0. The molecule has 0 unspecified atom stereocenters. The summed E-state index contributed by atoms with van der Waals surface area (Å²) in [5.41, 5.74) is 0. The van der Waals surface area contributed by atoms with E-state index in [1.54, 1.807) is 0 Å². The Morgan fingerprint density at radius 3 is 0.729 bits per heavy atom. The summed E-state index contributed by atoms with van der Waals surface area (Å²) in [4.78, 5) is 24.8. The van der Waals surface area contributed by atoms with Crippen molar-refractivity contribution in [2.75, 3.05) is 0 Å². The van der Waals surface area contributed by atoms with E-state index < -0.39 is 6.29 Å². The first kappa shape index (κ1) is 46.9. The van der Waals surface area contributed by atoms with Gasteiger partial charge in [0, 0.05) is 19.3 Å². The molecule has 0 spiro atoms. The molecule has 0 aliphatic heterocycles. The molecule has 0 aliphatic rings. The molecule has 0 bridgehead atoms. The van der Waals surface area contributed by atoms with Crippen molar-refractivity contribution in [3.8, 4) is 0 Å². The van der Waals surface area contributed by atoms with Crippen LogP contribution in [0.25, 0.3) is 0 Å². The van der Waals surface area contributed by atoms with Crippen LogP contribution in [0.3, 0.4) is 0 Å². The molecular formula is C44H86O4. The highest BCUT2D eigenvalue weighted by molar-refractivity contribution is 5.71. The summed E-state index contributed by atoms with van der Waals surface area (Å²) >= 11 is 0. The average Bonchev–Trinajstić information content (AvgIpc) is 3.07. The molecule has 0 N–H and O–H groups in total. The standard InChI is InChI=1S/C44H86O4/c1-4-7-9-11-13-15-17-19-21-23-25-27-29-31-33-35-37-40-42(45)47-44(39-6-3)48-43(46)41-38-36-34-32-30-28-26-24-22-20-18-16-14-12-10-8-5-2/h44H,4-41H2,1-3H3. The monoisotopic (exact) mass is 679 g/mol. The van der Waals surface area contributed by atoms with E-state index in [2.05, 4.69) is 13.8 Å². The normalized spacial score (nSPS) is 11.4. The lowest BCUT2D eigenvalue weighted by Gasteiger charge is -2.18. The van der Waals surface area contributed by atoms with Gasteiger partial charge in [-0.05, 0) is 19.3 Å². The van der Waals surface area contributed by atoms with E-state index in [1.165, 1.54) is 193 Å². The molecule has 48 heavy (non-hydrogen) atoms. The van der Waals surface area contributed by atoms with Gasteiger partial charge >= 0.3 is 11.9 Å². The van der Waals surface area contributed by atoms with Gasteiger partial charge < -0.3 is 9.47 Å². The highest BCUT2D eigenvalue weighted by Gasteiger charge is 2.18. The van der Waals surface area contributed by atoms with Gasteiger partial charge in [0.05, 0.1) is 0 Å². The maximum atomic E-state index is 12.4. The summed E-state index contributed by atoms with van der Waals surface area (Å²) in [5, 5.41) is 0. The molecule has 0 aliphatic carbocycles. The van der Waals surface area contributed by atoms with E-state index in [9.17, 15) is 9.59 Å². The van der Waals surface area contributed by atoms with E-state index in [1.807, 2.05) is 6.92 Å². The Morgan fingerprint density at radius 1 is 0.312 bits per heavy atom. The maximum absolute atomic E-state index is 12.4. The Labute approximate surface area is 301 Å². The molecule has 0 fully saturated rings. The van der Waals surface area contributed by atoms with Crippen molar-refractivity contribution >= 4 is 11.9 Å². The molecule has 4 nitrogen and oxygen atoms in total. The quantitative estimate of drug-likeness (QED) is 0.0368. The lowest BCUT2D eigenvalue weighted by Crippen LogP contribution is -2.24. The van der Waals surface area contributed by atoms with Crippen LogP contribution in [0.5, 0.6) is 0 Å². The minimum atomic E-state index is -0.716. The molecule has 0 saturated carbocycles. The van der Waals surface area contributed by atoms with Crippen LogP contribution in [0.4, 0.5) is 0 Å². The molecule has 0 heterocycles. The predicted octanol–water partition coefficient (Wildman–Crippen LogP) is 15.3. The number of hydrogen-bond acceptors (Lipinski definition) is 4. The topological polar surface area (TPSA) is 52.6 Å². The zero-order valence-electron chi connectivity index (χ0n) is 33.1. The second-order valence-electron chi connectivity index (χ2n) is 15.0. The smallest absolute Gasteiger partial charge is 0.308 e. The van der Waals surface area contributed by atoms with Crippen molar-refractivity contribution in [2.45, 2.75) is 271 Å². The minimum absolute atomic E-state index is 0.222. The highest BCUT2D eigenvalue weighted by Crippen LogP contribution is 2.17. The van der Waals surface area contributed by atoms with E-state index in [4.69, 9.17) is 9.47 Å². The van der Waals surface area contributed by atoms with Crippen LogP contribution >= 0.6 is 0 Å². The molecule has 0 atom stereocenters. The van der Waals surface area contributed by atoms with Gasteiger partial charge in [0.25, 0.3) is 0 Å². The van der Waals surface area contributed by atoms with E-state index in [0.29, 0.717) is 19.3 Å². The van der Waals surface area contributed by atoms with Gasteiger partial charge in [-0.25, -0.2) is 0 Å². The van der Waals surface area contributed by atoms with Crippen LogP contribution in [0.2, 0.25) is 0 Å². The number of unbranched alkanes of at least 4 members (excludes halogenated alkanes) is 32. The zero-order chi connectivity index (χ0) is 35.0. The molecular weight excluding hydrogens is 592 g/mol. The number of carbonyl (C=O) groups is 2. The Balaban J connectivity index is 3.57. The molecule has 0 aromatic heterocycles. The molecule has 4 heteroatoms. The van der Waals surface area contributed by atoms with Crippen LogP contribution in [0.1, 0.15) is 265 Å². The summed E-state index contributed by atoms with van der Waals surface area (Å²) in [7, 11) is 0. The van der Waals surface area contributed by atoms with Crippen molar-refractivity contribution in [1.29, 1.82) is 0 Å². The summed E-state index contributed by atoms with van der Waals surface area (Å²) in [6.45, 7) is 6.60. The molecule has 0 rings (SSSR count). The van der Waals surface area contributed by atoms with Gasteiger partial charge in [-0.2, -0.15) is 0 Å². The third-order valence-electron chi connectivity index (χ3n) is 10.0. The minimum Gasteiger partial charge on any atom is -0.425 e. The van der Waals surface area contributed by atoms with E-state index >= 15 is 0 Å². The van der Waals surface area contributed by atoms with Crippen LogP contribution in [0, 0.1) is 0 Å². The number of carbonyl (C=O) groups excluding carboxylic acids is 2. The Hall–Kier alpha value is -1.06. The van der Waals surface area contributed by atoms with Gasteiger partial charge in [-0.1, -0.05) is 226 Å². The predicted molar refractivity (Wildman–Crippen MR) is 208 cm³/mol. The van der Waals surface area contributed by atoms with Gasteiger partial charge in [0.15, 0.2) is 0 Å². The lowest BCUT2D eigenvalue weighted by atomic mass is 10.0. The second-order valence-corrected chi connectivity index (χ2v) is 15.0. The van der Waals surface area contributed by atoms with Crippen molar-refractivity contribution in [1.82, 2.24) is 0 Å². The average molecular weight is 679 g/mol. The Kier molecular flexibility index (Phi) is 39.5. The first-order chi connectivity index (χ1) is 23.6. The van der Waals surface area contributed by atoms with Crippen LogP contribution in [-0.4, -0.2) is 18.2 Å². The molecule has 0 saturated heterocycles. The number of rotatable bonds is 40. The SMILES string of the molecule is CCCCCCCCCCCCCCCCCCCC(=O)OC(CCC)OC(=O)CCCCCCCCCCCCCCCCCCC. The molecule has 0 radical (unpaired) electrons.